The van der Waals surface area contributed by atoms with Gasteiger partial charge in [-0.25, -0.2) is 0 Å². The molecule has 0 atom stereocenters. The standard InChI is InChI=1S/C18H20INO2/c1-3-11-22-16-8-5-14(6-9-16)18(21)20-17-10-7-15(19)12-13(17)4-2/h5-10,12H,3-4,11H2,1-2H3,(H,20,21). The highest BCUT2D eigenvalue weighted by Gasteiger charge is 2.09. The van der Waals surface area contributed by atoms with Gasteiger partial charge in [0.15, 0.2) is 0 Å². The monoisotopic (exact) mass is 409 g/mol. The predicted molar refractivity (Wildman–Crippen MR) is 98.7 cm³/mol. The van der Waals surface area contributed by atoms with Gasteiger partial charge in [-0.15, -0.1) is 0 Å². The molecular weight excluding hydrogens is 389 g/mol. The van der Waals surface area contributed by atoms with Gasteiger partial charge >= 0.3 is 0 Å². The summed E-state index contributed by atoms with van der Waals surface area (Å²) in [7, 11) is 0. The van der Waals surface area contributed by atoms with Crippen molar-refractivity contribution in [1.29, 1.82) is 0 Å². The molecule has 0 bridgehead atoms. The summed E-state index contributed by atoms with van der Waals surface area (Å²) in [5.74, 6) is 0.694. The number of carbonyl (C=O) groups excluding carboxylic acids is 1. The Morgan fingerprint density at radius 2 is 1.86 bits per heavy atom. The largest absolute Gasteiger partial charge is 0.494 e. The molecule has 2 rings (SSSR count). The van der Waals surface area contributed by atoms with Crippen LogP contribution >= 0.6 is 22.6 Å². The molecular formula is C18H20INO2. The van der Waals surface area contributed by atoms with Crippen molar-refractivity contribution >= 4 is 34.2 Å². The van der Waals surface area contributed by atoms with Gasteiger partial charge in [-0.1, -0.05) is 13.8 Å². The minimum Gasteiger partial charge on any atom is -0.494 e. The van der Waals surface area contributed by atoms with Gasteiger partial charge in [-0.05, 0) is 83.5 Å². The summed E-state index contributed by atoms with van der Waals surface area (Å²) >= 11 is 2.28. The molecule has 1 amide bonds. The number of amides is 1. The Labute approximate surface area is 145 Å². The van der Waals surface area contributed by atoms with E-state index in [0.717, 1.165) is 29.8 Å². The van der Waals surface area contributed by atoms with Crippen LogP contribution in [-0.4, -0.2) is 12.5 Å². The lowest BCUT2D eigenvalue weighted by atomic mass is 10.1. The lowest BCUT2D eigenvalue weighted by molar-refractivity contribution is 0.102. The molecule has 4 heteroatoms. The number of benzene rings is 2. The third-order valence-corrected chi connectivity index (χ3v) is 3.96. The molecule has 0 aromatic heterocycles. The molecule has 0 heterocycles. The summed E-state index contributed by atoms with van der Waals surface area (Å²) in [4.78, 5) is 12.3. The lowest BCUT2D eigenvalue weighted by Gasteiger charge is -2.11. The topological polar surface area (TPSA) is 38.3 Å². The highest BCUT2D eigenvalue weighted by Crippen LogP contribution is 2.21. The fourth-order valence-corrected chi connectivity index (χ4v) is 2.65. The maximum atomic E-state index is 12.3. The van der Waals surface area contributed by atoms with Crippen LogP contribution < -0.4 is 10.1 Å². The third-order valence-electron chi connectivity index (χ3n) is 3.29. The van der Waals surface area contributed by atoms with E-state index in [9.17, 15) is 4.79 Å². The van der Waals surface area contributed by atoms with E-state index >= 15 is 0 Å². The Morgan fingerprint density at radius 3 is 2.50 bits per heavy atom. The quantitative estimate of drug-likeness (QED) is 0.690. The van der Waals surface area contributed by atoms with E-state index in [1.165, 1.54) is 3.57 Å². The van der Waals surface area contributed by atoms with E-state index in [-0.39, 0.29) is 5.91 Å². The molecule has 0 aliphatic heterocycles. The van der Waals surface area contributed by atoms with Crippen LogP contribution in [0.2, 0.25) is 0 Å². The molecule has 116 valence electrons. The zero-order valence-corrected chi connectivity index (χ0v) is 15.0. The van der Waals surface area contributed by atoms with Gasteiger partial charge in [0.05, 0.1) is 6.61 Å². The van der Waals surface area contributed by atoms with Gasteiger partial charge < -0.3 is 10.1 Å². The van der Waals surface area contributed by atoms with Crippen LogP contribution in [0.5, 0.6) is 5.75 Å². The van der Waals surface area contributed by atoms with Gasteiger partial charge in [-0.3, -0.25) is 4.79 Å². The van der Waals surface area contributed by atoms with E-state index in [1.807, 2.05) is 24.3 Å². The van der Waals surface area contributed by atoms with Crippen molar-refractivity contribution in [1.82, 2.24) is 0 Å². The van der Waals surface area contributed by atoms with E-state index < -0.39 is 0 Å². The highest BCUT2D eigenvalue weighted by atomic mass is 127. The highest BCUT2D eigenvalue weighted by molar-refractivity contribution is 14.1. The Hall–Kier alpha value is -1.56. The van der Waals surface area contributed by atoms with Crippen molar-refractivity contribution < 1.29 is 9.53 Å². The summed E-state index contributed by atoms with van der Waals surface area (Å²) in [6.45, 7) is 4.84. The molecule has 0 aliphatic rings. The number of halogens is 1. The molecule has 2 aromatic rings. The van der Waals surface area contributed by atoms with Crippen molar-refractivity contribution in [3.05, 3.63) is 57.2 Å². The number of aryl methyl sites for hydroxylation is 1. The average Bonchev–Trinajstić information content (AvgIpc) is 2.54. The molecule has 0 radical (unpaired) electrons. The van der Waals surface area contributed by atoms with Crippen molar-refractivity contribution in [3.63, 3.8) is 0 Å². The zero-order valence-electron chi connectivity index (χ0n) is 12.9. The fourth-order valence-electron chi connectivity index (χ4n) is 2.09. The Kier molecular flexibility index (Phi) is 6.24. The van der Waals surface area contributed by atoms with Crippen LogP contribution in [0.4, 0.5) is 5.69 Å². The first-order valence-corrected chi connectivity index (χ1v) is 8.54. The molecule has 0 fully saturated rings. The molecule has 1 N–H and O–H groups in total. The molecule has 3 nitrogen and oxygen atoms in total. The third kappa shape index (κ3) is 4.47. The maximum Gasteiger partial charge on any atom is 0.255 e. The van der Waals surface area contributed by atoms with E-state index in [1.54, 1.807) is 12.1 Å². The lowest BCUT2D eigenvalue weighted by Crippen LogP contribution is -2.13. The second kappa shape index (κ2) is 8.17. The number of carbonyl (C=O) groups is 1. The number of hydrogen-bond acceptors (Lipinski definition) is 2. The van der Waals surface area contributed by atoms with Crippen molar-refractivity contribution in [3.8, 4) is 5.75 Å². The molecule has 2 aromatic carbocycles. The number of anilines is 1. The average molecular weight is 409 g/mol. The van der Waals surface area contributed by atoms with E-state index in [2.05, 4.69) is 47.8 Å². The SMILES string of the molecule is CCCOc1ccc(C(=O)Nc2ccc(I)cc2CC)cc1. The zero-order chi connectivity index (χ0) is 15.9. The van der Waals surface area contributed by atoms with Crippen LogP contribution in [0.1, 0.15) is 36.2 Å². The minimum atomic E-state index is -0.0991. The second-order valence-corrected chi connectivity index (χ2v) is 6.23. The van der Waals surface area contributed by atoms with Crippen molar-refractivity contribution in [2.24, 2.45) is 0 Å². The van der Waals surface area contributed by atoms with Crippen molar-refractivity contribution in [2.75, 3.05) is 11.9 Å². The summed E-state index contributed by atoms with van der Waals surface area (Å²) < 4.78 is 6.70. The molecule has 0 saturated carbocycles. The van der Waals surface area contributed by atoms with Crippen LogP contribution in [0, 0.1) is 3.57 Å². The van der Waals surface area contributed by atoms with E-state index in [0.29, 0.717) is 12.2 Å². The first-order valence-electron chi connectivity index (χ1n) is 7.46. The van der Waals surface area contributed by atoms with Crippen LogP contribution in [0.3, 0.4) is 0 Å². The summed E-state index contributed by atoms with van der Waals surface area (Å²) in [5.41, 5.74) is 2.65. The molecule has 22 heavy (non-hydrogen) atoms. The van der Waals surface area contributed by atoms with Gasteiger partial charge in [0.1, 0.15) is 5.75 Å². The number of ether oxygens (including phenoxy) is 1. The molecule has 0 unspecified atom stereocenters. The van der Waals surface area contributed by atoms with Gasteiger partial charge in [-0.2, -0.15) is 0 Å². The fraction of sp³-hybridized carbons (Fsp3) is 0.278. The smallest absolute Gasteiger partial charge is 0.255 e. The van der Waals surface area contributed by atoms with Crippen LogP contribution in [0.15, 0.2) is 42.5 Å². The van der Waals surface area contributed by atoms with Gasteiger partial charge in [0.2, 0.25) is 0 Å². The molecule has 0 saturated heterocycles. The Balaban J connectivity index is 2.09. The summed E-state index contributed by atoms with van der Waals surface area (Å²) in [5, 5.41) is 2.98. The van der Waals surface area contributed by atoms with Crippen molar-refractivity contribution in [2.45, 2.75) is 26.7 Å². The van der Waals surface area contributed by atoms with Gasteiger partial charge in [0.25, 0.3) is 5.91 Å². The second-order valence-electron chi connectivity index (χ2n) is 4.98. The minimum absolute atomic E-state index is 0.0991. The number of nitrogens with one attached hydrogen (secondary N) is 1. The maximum absolute atomic E-state index is 12.3. The Morgan fingerprint density at radius 1 is 1.14 bits per heavy atom. The Bertz CT molecular complexity index is 638. The predicted octanol–water partition coefficient (Wildman–Crippen LogP) is 4.89. The molecule has 0 spiro atoms. The normalized spacial score (nSPS) is 10.3. The van der Waals surface area contributed by atoms with Crippen LogP contribution in [-0.2, 0) is 6.42 Å². The first-order chi connectivity index (χ1) is 10.6. The van der Waals surface area contributed by atoms with E-state index in [4.69, 9.17) is 4.74 Å². The first kappa shape index (κ1) is 16.8. The summed E-state index contributed by atoms with van der Waals surface area (Å²) in [6, 6.07) is 13.3. The van der Waals surface area contributed by atoms with Crippen LogP contribution in [0.25, 0.3) is 0 Å². The number of hydrogen-bond donors (Lipinski definition) is 1. The molecule has 0 aliphatic carbocycles. The number of rotatable bonds is 6. The summed E-state index contributed by atoms with van der Waals surface area (Å²) in [6.07, 6.45) is 1.85. The van der Waals surface area contributed by atoms with Gasteiger partial charge in [0, 0.05) is 14.8 Å².